The third kappa shape index (κ3) is 4.22. The Morgan fingerprint density at radius 3 is 2.69 bits per heavy atom. The SMILES string of the molecule is Cc1nccc(N2CCCc3nc(C(C)NC(=O)c4ccc(Cl)cc4)ccc32)n1. The number of carbonyl (C=O) groups excluding carboxylic acids is 1. The zero-order valence-electron chi connectivity index (χ0n) is 16.4. The molecule has 1 aliphatic heterocycles. The number of carbonyl (C=O) groups is 1. The van der Waals surface area contributed by atoms with E-state index in [0.29, 0.717) is 10.6 Å². The second-order valence-electron chi connectivity index (χ2n) is 7.12. The van der Waals surface area contributed by atoms with Crippen LogP contribution < -0.4 is 10.2 Å². The van der Waals surface area contributed by atoms with Crippen molar-refractivity contribution in [3.63, 3.8) is 0 Å². The number of benzene rings is 1. The summed E-state index contributed by atoms with van der Waals surface area (Å²) in [5, 5.41) is 3.62. The number of aryl methyl sites for hydroxylation is 2. The summed E-state index contributed by atoms with van der Waals surface area (Å²) in [6.07, 6.45) is 3.68. The Morgan fingerprint density at radius 1 is 1.14 bits per heavy atom. The molecule has 3 aromatic rings. The van der Waals surface area contributed by atoms with Gasteiger partial charge in [-0.2, -0.15) is 0 Å². The van der Waals surface area contributed by atoms with Crippen molar-refractivity contribution in [3.8, 4) is 0 Å². The van der Waals surface area contributed by atoms with Crippen LogP contribution in [0.15, 0.2) is 48.7 Å². The van der Waals surface area contributed by atoms with E-state index < -0.39 is 0 Å². The molecule has 0 radical (unpaired) electrons. The summed E-state index contributed by atoms with van der Waals surface area (Å²) in [7, 11) is 0. The van der Waals surface area contributed by atoms with E-state index >= 15 is 0 Å². The molecule has 0 saturated carbocycles. The fourth-order valence-corrected chi connectivity index (χ4v) is 3.62. The molecule has 0 fully saturated rings. The lowest BCUT2D eigenvalue weighted by Gasteiger charge is -2.30. The summed E-state index contributed by atoms with van der Waals surface area (Å²) in [6.45, 7) is 4.73. The summed E-state index contributed by atoms with van der Waals surface area (Å²) in [4.78, 5) is 28.3. The van der Waals surface area contributed by atoms with Gasteiger partial charge < -0.3 is 10.2 Å². The van der Waals surface area contributed by atoms with Crippen LogP contribution in [0, 0.1) is 6.92 Å². The third-order valence-electron chi connectivity index (χ3n) is 4.99. The highest BCUT2D eigenvalue weighted by atomic mass is 35.5. The summed E-state index contributed by atoms with van der Waals surface area (Å²) < 4.78 is 0. The van der Waals surface area contributed by atoms with Gasteiger partial charge in [0.2, 0.25) is 0 Å². The summed E-state index contributed by atoms with van der Waals surface area (Å²) in [6, 6.07) is 12.6. The highest BCUT2D eigenvalue weighted by Crippen LogP contribution is 2.32. The number of pyridine rings is 1. The van der Waals surface area contributed by atoms with Crippen LogP contribution in [0.2, 0.25) is 5.02 Å². The lowest BCUT2D eigenvalue weighted by molar-refractivity contribution is 0.0939. The molecule has 1 amide bonds. The number of amides is 1. The summed E-state index contributed by atoms with van der Waals surface area (Å²) in [5.74, 6) is 1.49. The van der Waals surface area contributed by atoms with Gasteiger partial charge in [-0.05, 0) is 69.2 Å². The van der Waals surface area contributed by atoms with E-state index in [4.69, 9.17) is 16.6 Å². The summed E-state index contributed by atoms with van der Waals surface area (Å²) in [5.41, 5.74) is 3.50. The Hall–Kier alpha value is -2.99. The van der Waals surface area contributed by atoms with Gasteiger partial charge in [0.1, 0.15) is 11.6 Å². The van der Waals surface area contributed by atoms with E-state index in [2.05, 4.69) is 26.3 Å². The molecule has 1 N–H and O–H groups in total. The molecule has 0 saturated heterocycles. The monoisotopic (exact) mass is 407 g/mol. The molecule has 6 nitrogen and oxygen atoms in total. The maximum Gasteiger partial charge on any atom is 0.251 e. The van der Waals surface area contributed by atoms with Crippen molar-refractivity contribution in [2.75, 3.05) is 11.4 Å². The first-order valence-corrected chi connectivity index (χ1v) is 10.0. The molecule has 148 valence electrons. The largest absolute Gasteiger partial charge is 0.344 e. The molecule has 1 unspecified atom stereocenters. The molecule has 7 heteroatoms. The fraction of sp³-hybridized carbons (Fsp3) is 0.273. The molecule has 0 aliphatic carbocycles. The van der Waals surface area contributed by atoms with Crippen LogP contribution in [0.3, 0.4) is 0 Å². The minimum absolute atomic E-state index is 0.147. The number of aromatic nitrogens is 3. The minimum Gasteiger partial charge on any atom is -0.344 e. The van der Waals surface area contributed by atoms with Gasteiger partial charge in [0.15, 0.2) is 0 Å². The molecule has 2 aromatic heterocycles. The molecule has 1 aliphatic rings. The Labute approximate surface area is 175 Å². The molecule has 1 aromatic carbocycles. The summed E-state index contributed by atoms with van der Waals surface area (Å²) >= 11 is 5.90. The maximum atomic E-state index is 12.5. The van der Waals surface area contributed by atoms with E-state index in [1.807, 2.05) is 26.0 Å². The van der Waals surface area contributed by atoms with E-state index in [-0.39, 0.29) is 11.9 Å². The quantitative estimate of drug-likeness (QED) is 0.693. The van der Waals surface area contributed by atoms with Crippen molar-refractivity contribution in [3.05, 3.63) is 76.5 Å². The van der Waals surface area contributed by atoms with Crippen molar-refractivity contribution >= 4 is 29.0 Å². The average Bonchev–Trinajstić information content (AvgIpc) is 2.73. The van der Waals surface area contributed by atoms with Crippen molar-refractivity contribution in [2.45, 2.75) is 32.7 Å². The van der Waals surface area contributed by atoms with Gasteiger partial charge in [0.05, 0.1) is 23.1 Å². The van der Waals surface area contributed by atoms with Gasteiger partial charge in [-0.3, -0.25) is 9.78 Å². The van der Waals surface area contributed by atoms with E-state index in [1.165, 1.54) is 0 Å². The van der Waals surface area contributed by atoms with Crippen LogP contribution in [0.25, 0.3) is 0 Å². The Morgan fingerprint density at radius 2 is 1.93 bits per heavy atom. The number of halogens is 1. The van der Waals surface area contributed by atoms with E-state index in [1.54, 1.807) is 30.5 Å². The van der Waals surface area contributed by atoms with Crippen LogP contribution in [-0.2, 0) is 6.42 Å². The van der Waals surface area contributed by atoms with E-state index in [9.17, 15) is 4.79 Å². The smallest absolute Gasteiger partial charge is 0.251 e. The van der Waals surface area contributed by atoms with Gasteiger partial charge >= 0.3 is 0 Å². The molecule has 1 atom stereocenters. The number of hydrogen-bond acceptors (Lipinski definition) is 5. The zero-order valence-corrected chi connectivity index (χ0v) is 17.1. The number of nitrogens with one attached hydrogen (secondary N) is 1. The number of rotatable bonds is 4. The second kappa shape index (κ2) is 8.17. The number of fused-ring (bicyclic) bond motifs is 1. The molecule has 29 heavy (non-hydrogen) atoms. The first-order valence-electron chi connectivity index (χ1n) is 9.65. The maximum absolute atomic E-state index is 12.5. The van der Waals surface area contributed by atoms with Crippen LogP contribution in [-0.4, -0.2) is 27.4 Å². The molecule has 0 spiro atoms. The molecule has 4 rings (SSSR count). The van der Waals surface area contributed by atoms with Gasteiger partial charge in [0.25, 0.3) is 5.91 Å². The topological polar surface area (TPSA) is 71.0 Å². The zero-order chi connectivity index (χ0) is 20.4. The Balaban J connectivity index is 1.54. The minimum atomic E-state index is -0.208. The highest BCUT2D eigenvalue weighted by molar-refractivity contribution is 6.30. The first kappa shape index (κ1) is 19.3. The van der Waals surface area contributed by atoms with Gasteiger partial charge in [-0.15, -0.1) is 0 Å². The average molecular weight is 408 g/mol. The number of anilines is 2. The van der Waals surface area contributed by atoms with Crippen molar-refractivity contribution in [1.82, 2.24) is 20.3 Å². The Kier molecular flexibility index (Phi) is 5.45. The van der Waals surface area contributed by atoms with Crippen molar-refractivity contribution in [2.24, 2.45) is 0 Å². The molecule has 3 heterocycles. The molecular formula is C22H22ClN5O. The predicted octanol–water partition coefficient (Wildman–Crippen LogP) is 4.41. The highest BCUT2D eigenvalue weighted by Gasteiger charge is 2.22. The van der Waals surface area contributed by atoms with Gasteiger partial charge in [0, 0.05) is 23.3 Å². The first-order chi connectivity index (χ1) is 14.0. The second-order valence-corrected chi connectivity index (χ2v) is 7.56. The lowest BCUT2D eigenvalue weighted by Crippen LogP contribution is -2.29. The lowest BCUT2D eigenvalue weighted by atomic mass is 10.1. The van der Waals surface area contributed by atoms with Crippen LogP contribution in [0.4, 0.5) is 11.5 Å². The standard InChI is InChI=1S/C22H22ClN5O/c1-14(25-22(29)16-5-7-17(23)8-6-16)18-9-10-20-19(27-18)4-3-13-28(20)21-11-12-24-15(2)26-21/h5-12,14H,3-4,13H2,1-2H3,(H,25,29). The number of nitrogens with zero attached hydrogens (tertiary/aromatic N) is 4. The third-order valence-corrected chi connectivity index (χ3v) is 5.25. The van der Waals surface area contributed by atoms with Crippen molar-refractivity contribution in [1.29, 1.82) is 0 Å². The van der Waals surface area contributed by atoms with Crippen LogP contribution >= 0.6 is 11.6 Å². The van der Waals surface area contributed by atoms with Crippen LogP contribution in [0.1, 0.15) is 47.0 Å². The fourth-order valence-electron chi connectivity index (χ4n) is 3.49. The molecule has 0 bridgehead atoms. The Bertz CT molecular complexity index is 1040. The predicted molar refractivity (Wildman–Crippen MR) is 114 cm³/mol. The normalized spacial score (nSPS) is 14.2. The van der Waals surface area contributed by atoms with Crippen molar-refractivity contribution < 1.29 is 4.79 Å². The molecular weight excluding hydrogens is 386 g/mol. The number of hydrogen-bond donors (Lipinski definition) is 1. The van der Waals surface area contributed by atoms with E-state index in [0.717, 1.165) is 48.1 Å². The van der Waals surface area contributed by atoms with Gasteiger partial charge in [-0.25, -0.2) is 9.97 Å². The van der Waals surface area contributed by atoms with Crippen LogP contribution in [0.5, 0.6) is 0 Å². The van der Waals surface area contributed by atoms with Gasteiger partial charge in [-0.1, -0.05) is 11.6 Å².